The number of carboxylic acids is 2. The Hall–Kier alpha value is -2.42. The number of carbonyl (C=O) groups is 5. The van der Waals surface area contributed by atoms with Crippen LogP contribution in [0.25, 0.3) is 0 Å². The van der Waals surface area contributed by atoms with Crippen LogP contribution in [0.5, 0.6) is 0 Å². The first-order chi connectivity index (χ1) is 15.6. The standard InChI is InChI=1S/C19H36N6O7S/c20-7-3-1-5-12(23-16(28)11(22)9-15(26)27)17(29)24-13(6-2-4-8-21)18(30)25-14(10-33)19(31)32/h11-14,33H,1-10,20-22H2,(H,23,28)(H,24,29)(H,25,30)(H,26,27)(H,31,32). The van der Waals surface area contributed by atoms with Gasteiger partial charge in [-0.15, -0.1) is 0 Å². The Morgan fingerprint density at radius 1 is 0.727 bits per heavy atom. The van der Waals surface area contributed by atoms with Gasteiger partial charge in [-0.25, -0.2) is 4.79 Å². The average molecular weight is 493 g/mol. The predicted octanol–water partition coefficient (Wildman–Crippen LogP) is -2.48. The molecule has 0 aliphatic heterocycles. The quantitative estimate of drug-likeness (QED) is 0.0720. The Morgan fingerprint density at radius 3 is 1.52 bits per heavy atom. The van der Waals surface area contributed by atoms with Crippen molar-refractivity contribution in [2.45, 2.75) is 69.1 Å². The summed E-state index contributed by atoms with van der Waals surface area (Å²) in [5, 5.41) is 25.2. The van der Waals surface area contributed by atoms with Crippen LogP contribution in [-0.4, -0.2) is 82.9 Å². The number of rotatable bonds is 18. The maximum atomic E-state index is 12.9. The molecule has 0 aliphatic carbocycles. The lowest BCUT2D eigenvalue weighted by Crippen LogP contribution is -2.57. The van der Waals surface area contributed by atoms with E-state index in [1.54, 1.807) is 0 Å². The van der Waals surface area contributed by atoms with Crippen molar-refractivity contribution in [1.82, 2.24) is 16.0 Å². The molecule has 11 N–H and O–H groups in total. The summed E-state index contributed by atoms with van der Waals surface area (Å²) in [6, 6.07) is -4.77. The van der Waals surface area contributed by atoms with Gasteiger partial charge in [0.25, 0.3) is 0 Å². The number of carboxylic acid groups (broad SMARTS) is 2. The van der Waals surface area contributed by atoms with E-state index in [1.807, 2.05) is 0 Å². The van der Waals surface area contributed by atoms with Crippen molar-refractivity contribution in [3.63, 3.8) is 0 Å². The lowest BCUT2D eigenvalue weighted by atomic mass is 10.0. The van der Waals surface area contributed by atoms with Crippen LogP contribution in [0, 0.1) is 0 Å². The zero-order valence-corrected chi connectivity index (χ0v) is 19.4. The zero-order chi connectivity index (χ0) is 25.4. The maximum absolute atomic E-state index is 12.9. The molecule has 0 rings (SSSR count). The molecule has 0 aromatic carbocycles. The van der Waals surface area contributed by atoms with Gasteiger partial charge in [-0.05, 0) is 51.6 Å². The van der Waals surface area contributed by atoms with E-state index in [4.69, 9.17) is 27.4 Å². The molecule has 0 saturated heterocycles. The number of hydrogen-bond donors (Lipinski definition) is 9. The summed E-state index contributed by atoms with van der Waals surface area (Å²) in [4.78, 5) is 59.8. The predicted molar refractivity (Wildman–Crippen MR) is 123 cm³/mol. The first-order valence-corrected chi connectivity index (χ1v) is 11.3. The molecular formula is C19H36N6O7S. The number of unbranched alkanes of at least 4 members (excludes halogenated alkanes) is 2. The molecule has 0 bridgehead atoms. The van der Waals surface area contributed by atoms with Gasteiger partial charge in [0.2, 0.25) is 17.7 Å². The number of amides is 3. The van der Waals surface area contributed by atoms with Crippen LogP contribution in [0.4, 0.5) is 0 Å². The van der Waals surface area contributed by atoms with Crippen LogP contribution < -0.4 is 33.2 Å². The Balaban J connectivity index is 5.42. The van der Waals surface area contributed by atoms with E-state index < -0.39 is 60.2 Å². The third kappa shape index (κ3) is 13.0. The van der Waals surface area contributed by atoms with Crippen molar-refractivity contribution in [1.29, 1.82) is 0 Å². The van der Waals surface area contributed by atoms with Crippen LogP contribution in [0.3, 0.4) is 0 Å². The van der Waals surface area contributed by atoms with E-state index in [0.717, 1.165) is 0 Å². The molecule has 0 heterocycles. The fourth-order valence-corrected chi connectivity index (χ4v) is 3.06. The second-order valence-corrected chi connectivity index (χ2v) is 7.84. The minimum Gasteiger partial charge on any atom is -0.481 e. The van der Waals surface area contributed by atoms with Gasteiger partial charge in [0, 0.05) is 5.75 Å². The van der Waals surface area contributed by atoms with Crippen molar-refractivity contribution in [2.75, 3.05) is 18.8 Å². The van der Waals surface area contributed by atoms with E-state index in [9.17, 15) is 24.0 Å². The van der Waals surface area contributed by atoms with E-state index in [-0.39, 0.29) is 18.6 Å². The zero-order valence-electron chi connectivity index (χ0n) is 18.5. The molecule has 0 radical (unpaired) electrons. The SMILES string of the molecule is NCCCCC(NC(=O)C(N)CC(=O)O)C(=O)NC(CCCCN)C(=O)NC(CS)C(=O)O. The second kappa shape index (κ2) is 17.1. The Morgan fingerprint density at radius 2 is 1.15 bits per heavy atom. The molecule has 0 spiro atoms. The van der Waals surface area contributed by atoms with Gasteiger partial charge in [0.1, 0.15) is 18.1 Å². The summed E-state index contributed by atoms with van der Waals surface area (Å²) in [6.07, 6.45) is 1.87. The highest BCUT2D eigenvalue weighted by atomic mass is 32.1. The molecule has 0 fully saturated rings. The van der Waals surface area contributed by atoms with Gasteiger partial charge in [0.05, 0.1) is 12.5 Å². The van der Waals surface area contributed by atoms with Crippen LogP contribution in [0.15, 0.2) is 0 Å². The third-order valence-corrected chi connectivity index (χ3v) is 5.05. The minimum absolute atomic E-state index is 0.149. The summed E-state index contributed by atoms with van der Waals surface area (Å²) >= 11 is 3.90. The van der Waals surface area contributed by atoms with Gasteiger partial charge in [-0.1, -0.05) is 0 Å². The molecule has 4 unspecified atom stereocenters. The van der Waals surface area contributed by atoms with Gasteiger partial charge < -0.3 is 43.4 Å². The molecule has 0 saturated carbocycles. The molecule has 14 heteroatoms. The highest BCUT2D eigenvalue weighted by Gasteiger charge is 2.30. The number of hydrogen-bond acceptors (Lipinski definition) is 9. The average Bonchev–Trinajstić information content (AvgIpc) is 2.75. The summed E-state index contributed by atoms with van der Waals surface area (Å²) in [5.74, 6) is -4.91. The molecule has 0 aromatic rings. The number of carbonyl (C=O) groups excluding carboxylic acids is 3. The van der Waals surface area contributed by atoms with E-state index in [2.05, 4.69) is 28.6 Å². The monoisotopic (exact) mass is 492 g/mol. The molecule has 4 atom stereocenters. The fourth-order valence-electron chi connectivity index (χ4n) is 2.81. The maximum Gasteiger partial charge on any atom is 0.327 e. The molecule has 0 aliphatic rings. The fraction of sp³-hybridized carbons (Fsp3) is 0.737. The molecule has 190 valence electrons. The summed E-state index contributed by atoms with van der Waals surface area (Å²) < 4.78 is 0. The van der Waals surface area contributed by atoms with Crippen molar-refractivity contribution in [3.8, 4) is 0 Å². The van der Waals surface area contributed by atoms with Crippen molar-refractivity contribution < 1.29 is 34.2 Å². The van der Waals surface area contributed by atoms with E-state index in [1.165, 1.54) is 0 Å². The largest absolute Gasteiger partial charge is 0.481 e. The van der Waals surface area contributed by atoms with Crippen molar-refractivity contribution in [3.05, 3.63) is 0 Å². The topological polar surface area (TPSA) is 240 Å². The highest BCUT2D eigenvalue weighted by Crippen LogP contribution is 2.06. The van der Waals surface area contributed by atoms with Crippen LogP contribution >= 0.6 is 12.6 Å². The Kier molecular flexibility index (Phi) is 15.9. The van der Waals surface area contributed by atoms with Gasteiger partial charge in [-0.2, -0.15) is 12.6 Å². The smallest absolute Gasteiger partial charge is 0.327 e. The normalized spacial score (nSPS) is 14.4. The van der Waals surface area contributed by atoms with Gasteiger partial charge in [-0.3, -0.25) is 19.2 Å². The number of thiol groups is 1. The molecule has 0 aromatic heterocycles. The van der Waals surface area contributed by atoms with Gasteiger partial charge >= 0.3 is 11.9 Å². The minimum atomic E-state index is -1.36. The number of nitrogens with one attached hydrogen (secondary N) is 3. The number of aliphatic carboxylic acids is 2. The molecule has 33 heavy (non-hydrogen) atoms. The first kappa shape index (κ1) is 30.6. The Labute approximate surface area is 198 Å². The van der Waals surface area contributed by atoms with Crippen LogP contribution in [0.1, 0.15) is 44.9 Å². The number of nitrogens with two attached hydrogens (primary N) is 3. The molecule has 13 nitrogen and oxygen atoms in total. The van der Waals surface area contributed by atoms with Crippen LogP contribution in [-0.2, 0) is 24.0 Å². The highest BCUT2D eigenvalue weighted by molar-refractivity contribution is 7.80. The van der Waals surface area contributed by atoms with E-state index >= 15 is 0 Å². The second-order valence-electron chi connectivity index (χ2n) is 7.48. The lowest BCUT2D eigenvalue weighted by molar-refractivity contribution is -0.141. The first-order valence-electron chi connectivity index (χ1n) is 10.7. The summed E-state index contributed by atoms with van der Waals surface area (Å²) in [6.45, 7) is 0.737. The van der Waals surface area contributed by atoms with Crippen LogP contribution in [0.2, 0.25) is 0 Å². The third-order valence-electron chi connectivity index (χ3n) is 4.69. The Bertz CT molecular complexity index is 667. The van der Waals surface area contributed by atoms with E-state index in [0.29, 0.717) is 38.8 Å². The molecular weight excluding hydrogens is 456 g/mol. The summed E-state index contributed by atoms with van der Waals surface area (Å²) in [7, 11) is 0. The van der Waals surface area contributed by atoms with Crippen molar-refractivity contribution >= 4 is 42.3 Å². The van der Waals surface area contributed by atoms with Crippen molar-refractivity contribution in [2.24, 2.45) is 17.2 Å². The lowest BCUT2D eigenvalue weighted by Gasteiger charge is -2.25. The summed E-state index contributed by atoms with van der Waals surface area (Å²) in [5.41, 5.74) is 16.5. The van der Waals surface area contributed by atoms with Gasteiger partial charge in [0.15, 0.2) is 0 Å². The molecule has 3 amide bonds.